The summed E-state index contributed by atoms with van der Waals surface area (Å²) in [6.45, 7) is 3.41. The van der Waals surface area contributed by atoms with E-state index in [0.717, 1.165) is 20.5 Å². The van der Waals surface area contributed by atoms with Crippen LogP contribution >= 0.6 is 11.3 Å². The number of aliphatic hydroxyl groups is 1. The van der Waals surface area contributed by atoms with E-state index in [1.54, 1.807) is 24.5 Å². The summed E-state index contributed by atoms with van der Waals surface area (Å²) in [6, 6.07) is 15.4. The molecule has 8 heteroatoms. The first-order chi connectivity index (χ1) is 15.1. The van der Waals surface area contributed by atoms with Crippen molar-refractivity contribution in [2.24, 2.45) is 4.99 Å². The van der Waals surface area contributed by atoms with Crippen molar-refractivity contribution in [2.75, 3.05) is 44.8 Å². The van der Waals surface area contributed by atoms with E-state index in [1.807, 2.05) is 47.4 Å². The van der Waals surface area contributed by atoms with Gasteiger partial charge in [-0.15, -0.1) is 11.3 Å². The number of hydrogen-bond acceptors (Lipinski definition) is 5. The second kappa shape index (κ2) is 10.1. The van der Waals surface area contributed by atoms with Gasteiger partial charge in [0.25, 0.3) is 0 Å². The molecule has 0 radical (unpaired) electrons. The molecule has 4 rings (SSSR count). The van der Waals surface area contributed by atoms with E-state index in [9.17, 15) is 9.50 Å². The van der Waals surface area contributed by atoms with Crippen molar-refractivity contribution in [3.8, 4) is 0 Å². The molecule has 0 spiro atoms. The molecule has 1 aliphatic rings. The normalized spacial score (nSPS) is 15.8. The molecular weight excluding hydrogens is 415 g/mol. The molecule has 2 aromatic carbocycles. The lowest BCUT2D eigenvalue weighted by atomic mass is 10.1. The Balaban J connectivity index is 1.30. The van der Waals surface area contributed by atoms with E-state index in [0.29, 0.717) is 51.0 Å². The molecule has 6 nitrogen and oxygen atoms in total. The minimum atomic E-state index is -0.638. The Hall–Kier alpha value is -2.68. The summed E-state index contributed by atoms with van der Waals surface area (Å²) in [5.74, 6) is 0.321. The van der Waals surface area contributed by atoms with Crippen LogP contribution in [0.3, 0.4) is 0 Å². The standard InChI is InChI=1S/C23H27FN4O2S/c1-25-23(27-15-20(29)22-13-17-4-2-3-5-21(17)31-22)26-14-16-6-7-19(18(24)12-16)28-8-10-30-11-9-28/h2-7,12-13,20,29H,8-11,14-15H2,1H3,(H2,25,26,27). The maximum atomic E-state index is 14.6. The van der Waals surface area contributed by atoms with Gasteiger partial charge < -0.3 is 25.4 Å². The van der Waals surface area contributed by atoms with E-state index in [4.69, 9.17) is 4.74 Å². The highest BCUT2D eigenvalue weighted by Crippen LogP contribution is 2.29. The van der Waals surface area contributed by atoms with Crippen LogP contribution in [0.4, 0.5) is 10.1 Å². The van der Waals surface area contributed by atoms with Gasteiger partial charge in [-0.3, -0.25) is 4.99 Å². The summed E-state index contributed by atoms with van der Waals surface area (Å²) in [6.07, 6.45) is -0.638. The van der Waals surface area contributed by atoms with Crippen molar-refractivity contribution in [3.63, 3.8) is 0 Å². The van der Waals surface area contributed by atoms with Crippen molar-refractivity contribution < 1.29 is 14.2 Å². The maximum absolute atomic E-state index is 14.6. The molecule has 1 saturated heterocycles. The van der Waals surface area contributed by atoms with Gasteiger partial charge in [-0.25, -0.2) is 4.39 Å². The van der Waals surface area contributed by atoms with Gasteiger partial charge in [-0.1, -0.05) is 24.3 Å². The number of anilines is 1. The molecule has 1 aliphatic heterocycles. The fraction of sp³-hybridized carbons (Fsp3) is 0.348. The molecule has 0 amide bonds. The van der Waals surface area contributed by atoms with Gasteiger partial charge in [0.1, 0.15) is 11.9 Å². The van der Waals surface area contributed by atoms with Crippen molar-refractivity contribution >= 4 is 33.1 Å². The second-order valence-corrected chi connectivity index (χ2v) is 8.51. The fourth-order valence-electron chi connectivity index (χ4n) is 3.59. The van der Waals surface area contributed by atoms with Crippen molar-refractivity contribution in [3.05, 3.63) is 64.8 Å². The lowest BCUT2D eigenvalue weighted by Crippen LogP contribution is -2.39. The van der Waals surface area contributed by atoms with Gasteiger partial charge in [0.15, 0.2) is 5.96 Å². The Kier molecular flexibility index (Phi) is 7.01. The topological polar surface area (TPSA) is 69.1 Å². The summed E-state index contributed by atoms with van der Waals surface area (Å²) in [4.78, 5) is 7.11. The monoisotopic (exact) mass is 442 g/mol. The molecule has 0 aliphatic carbocycles. The van der Waals surface area contributed by atoms with Crippen LogP contribution in [0.25, 0.3) is 10.1 Å². The first-order valence-electron chi connectivity index (χ1n) is 10.4. The van der Waals surface area contributed by atoms with Crippen LogP contribution in [0.15, 0.2) is 53.5 Å². The van der Waals surface area contributed by atoms with Crippen LogP contribution in [-0.2, 0) is 11.3 Å². The van der Waals surface area contributed by atoms with Crippen LogP contribution in [0.2, 0.25) is 0 Å². The number of ether oxygens (including phenoxy) is 1. The number of nitrogens with one attached hydrogen (secondary N) is 2. The first kappa shape index (κ1) is 21.5. The number of nitrogens with zero attached hydrogens (tertiary/aromatic N) is 2. The van der Waals surface area contributed by atoms with Crippen LogP contribution in [-0.4, -0.2) is 51.0 Å². The minimum Gasteiger partial charge on any atom is -0.386 e. The smallest absolute Gasteiger partial charge is 0.191 e. The number of morpholine rings is 1. The summed E-state index contributed by atoms with van der Waals surface area (Å²) < 4.78 is 21.1. The zero-order valence-electron chi connectivity index (χ0n) is 17.5. The lowest BCUT2D eigenvalue weighted by molar-refractivity contribution is 0.122. The van der Waals surface area contributed by atoms with Gasteiger partial charge in [-0.05, 0) is 35.2 Å². The zero-order valence-corrected chi connectivity index (χ0v) is 18.3. The summed E-state index contributed by atoms with van der Waals surface area (Å²) in [7, 11) is 1.67. The highest BCUT2D eigenvalue weighted by atomic mass is 32.1. The van der Waals surface area contributed by atoms with Crippen LogP contribution in [0.5, 0.6) is 0 Å². The SMILES string of the molecule is CN=C(NCc1ccc(N2CCOCC2)c(F)c1)NCC(O)c1cc2ccccc2s1. The number of aliphatic imine (C=N–C) groups is 1. The molecule has 164 valence electrons. The Bertz CT molecular complexity index is 1020. The molecule has 0 bridgehead atoms. The highest BCUT2D eigenvalue weighted by molar-refractivity contribution is 7.19. The minimum absolute atomic E-state index is 0.232. The Morgan fingerprint density at radius 2 is 2.00 bits per heavy atom. The molecule has 31 heavy (non-hydrogen) atoms. The molecule has 1 atom stereocenters. The van der Waals surface area contributed by atoms with Crippen molar-refractivity contribution in [1.82, 2.24) is 10.6 Å². The average molecular weight is 443 g/mol. The predicted octanol–water partition coefficient (Wildman–Crippen LogP) is 3.28. The summed E-state index contributed by atoms with van der Waals surface area (Å²) >= 11 is 1.59. The molecule has 3 N–H and O–H groups in total. The van der Waals surface area contributed by atoms with E-state index in [-0.39, 0.29) is 5.82 Å². The second-order valence-electron chi connectivity index (χ2n) is 7.39. The first-order valence-corrected chi connectivity index (χ1v) is 11.2. The number of thiophene rings is 1. The predicted molar refractivity (Wildman–Crippen MR) is 124 cm³/mol. The number of aliphatic hydroxyl groups excluding tert-OH is 1. The third-order valence-electron chi connectivity index (χ3n) is 5.28. The highest BCUT2D eigenvalue weighted by Gasteiger charge is 2.16. The molecule has 1 aromatic heterocycles. The van der Waals surface area contributed by atoms with Gasteiger partial charge in [0, 0.05) is 42.8 Å². The third-order valence-corrected chi connectivity index (χ3v) is 6.50. The van der Waals surface area contributed by atoms with Crippen LogP contribution < -0.4 is 15.5 Å². The number of halogens is 1. The van der Waals surface area contributed by atoms with Gasteiger partial charge >= 0.3 is 0 Å². The third kappa shape index (κ3) is 5.33. The largest absolute Gasteiger partial charge is 0.386 e. The van der Waals surface area contributed by atoms with Crippen molar-refractivity contribution in [1.29, 1.82) is 0 Å². The molecular formula is C23H27FN4O2S. The lowest BCUT2D eigenvalue weighted by Gasteiger charge is -2.29. The Morgan fingerprint density at radius 1 is 1.19 bits per heavy atom. The van der Waals surface area contributed by atoms with E-state index >= 15 is 0 Å². The van der Waals surface area contributed by atoms with Crippen LogP contribution in [0, 0.1) is 5.82 Å². The number of hydrogen-bond donors (Lipinski definition) is 3. The number of benzene rings is 2. The molecule has 2 heterocycles. The van der Waals surface area contributed by atoms with E-state index < -0.39 is 6.10 Å². The van der Waals surface area contributed by atoms with Crippen molar-refractivity contribution in [2.45, 2.75) is 12.6 Å². The van der Waals surface area contributed by atoms with Gasteiger partial charge in [0.2, 0.25) is 0 Å². The molecule has 1 unspecified atom stereocenters. The Morgan fingerprint density at radius 3 is 2.74 bits per heavy atom. The molecule has 3 aromatic rings. The number of rotatable bonds is 6. The fourth-order valence-corrected chi connectivity index (χ4v) is 4.64. The van der Waals surface area contributed by atoms with Gasteiger partial charge in [-0.2, -0.15) is 0 Å². The number of fused-ring (bicyclic) bond motifs is 1. The maximum Gasteiger partial charge on any atom is 0.191 e. The summed E-state index contributed by atoms with van der Waals surface area (Å²) in [5, 5.41) is 18.0. The molecule has 1 fully saturated rings. The molecule has 0 saturated carbocycles. The van der Waals surface area contributed by atoms with E-state index in [1.165, 1.54) is 0 Å². The Labute approximate surface area is 185 Å². The van der Waals surface area contributed by atoms with E-state index in [2.05, 4.69) is 15.6 Å². The average Bonchev–Trinajstić information content (AvgIpc) is 3.24. The van der Waals surface area contributed by atoms with Crippen LogP contribution in [0.1, 0.15) is 16.5 Å². The zero-order chi connectivity index (χ0) is 21.6. The summed E-state index contributed by atoms with van der Waals surface area (Å²) in [5.41, 5.74) is 1.43. The number of guanidine groups is 1. The van der Waals surface area contributed by atoms with Gasteiger partial charge in [0.05, 0.1) is 18.9 Å². The quantitative estimate of drug-likeness (QED) is 0.404.